The van der Waals surface area contributed by atoms with Crippen molar-refractivity contribution in [2.45, 2.75) is 70.6 Å². The molecule has 0 amide bonds. The molecule has 0 aromatic heterocycles. The van der Waals surface area contributed by atoms with Gasteiger partial charge in [0, 0.05) is 14.5 Å². The SMILES string of the molecule is CC[Si](/C=C/C[Si](C)(C)C)(CC)OC(CC=O)C/C=C/c1ccccc1. The molecular formula is C22H36O2Si2. The Morgan fingerprint density at radius 2 is 1.65 bits per heavy atom. The van der Waals surface area contributed by atoms with Crippen molar-refractivity contribution in [3.63, 3.8) is 0 Å². The van der Waals surface area contributed by atoms with Crippen LogP contribution in [0.25, 0.3) is 6.08 Å². The van der Waals surface area contributed by atoms with E-state index in [-0.39, 0.29) is 6.10 Å². The number of rotatable bonds is 12. The topological polar surface area (TPSA) is 26.3 Å². The Labute approximate surface area is 162 Å². The molecule has 0 fully saturated rings. The minimum absolute atomic E-state index is 0.0180. The Morgan fingerprint density at radius 3 is 2.19 bits per heavy atom. The lowest BCUT2D eigenvalue weighted by atomic mass is 10.1. The summed E-state index contributed by atoms with van der Waals surface area (Å²) in [6, 6.07) is 13.6. The summed E-state index contributed by atoms with van der Waals surface area (Å²) in [5.41, 5.74) is 3.58. The zero-order chi connectivity index (χ0) is 19.5. The van der Waals surface area contributed by atoms with Crippen molar-refractivity contribution in [2.24, 2.45) is 0 Å². The monoisotopic (exact) mass is 388 g/mol. The van der Waals surface area contributed by atoms with Crippen molar-refractivity contribution < 1.29 is 9.22 Å². The van der Waals surface area contributed by atoms with Gasteiger partial charge in [0.15, 0.2) is 0 Å². The fraction of sp³-hybridized carbons (Fsp3) is 0.500. The molecular weight excluding hydrogens is 352 g/mol. The van der Waals surface area contributed by atoms with Gasteiger partial charge in [-0.15, -0.1) is 0 Å². The van der Waals surface area contributed by atoms with Gasteiger partial charge >= 0.3 is 0 Å². The first kappa shape index (κ1) is 22.8. The lowest BCUT2D eigenvalue weighted by Gasteiger charge is -2.31. The molecule has 1 atom stereocenters. The van der Waals surface area contributed by atoms with Crippen molar-refractivity contribution >= 4 is 28.8 Å². The Balaban J connectivity index is 2.79. The molecule has 0 heterocycles. The molecule has 0 spiro atoms. The number of aldehydes is 1. The van der Waals surface area contributed by atoms with E-state index in [9.17, 15) is 4.79 Å². The zero-order valence-corrected chi connectivity index (χ0v) is 19.2. The smallest absolute Gasteiger partial charge is 0.216 e. The molecule has 0 saturated carbocycles. The minimum Gasteiger partial charge on any atom is -0.409 e. The lowest BCUT2D eigenvalue weighted by molar-refractivity contribution is -0.109. The molecule has 0 aliphatic heterocycles. The van der Waals surface area contributed by atoms with Gasteiger partial charge in [-0.3, -0.25) is 0 Å². The van der Waals surface area contributed by atoms with E-state index in [1.807, 2.05) is 18.2 Å². The molecule has 0 aliphatic rings. The first-order valence-corrected chi connectivity index (χ1v) is 16.0. The Kier molecular flexibility index (Phi) is 10.1. The van der Waals surface area contributed by atoms with Crippen LogP contribution >= 0.6 is 0 Å². The molecule has 26 heavy (non-hydrogen) atoms. The van der Waals surface area contributed by atoms with Gasteiger partial charge in [-0.1, -0.05) is 87.7 Å². The number of carbonyl (C=O) groups excluding carboxylic acids is 1. The summed E-state index contributed by atoms with van der Waals surface area (Å²) in [5.74, 6) is 0. The van der Waals surface area contributed by atoms with Crippen LogP contribution in [-0.4, -0.2) is 28.8 Å². The maximum Gasteiger partial charge on any atom is 0.216 e. The van der Waals surface area contributed by atoms with Crippen molar-refractivity contribution in [2.75, 3.05) is 0 Å². The average molecular weight is 389 g/mol. The summed E-state index contributed by atoms with van der Waals surface area (Å²) in [5, 5.41) is 0. The second-order valence-electron chi connectivity index (χ2n) is 8.13. The van der Waals surface area contributed by atoms with E-state index in [1.54, 1.807) is 0 Å². The summed E-state index contributed by atoms with van der Waals surface area (Å²) in [6.45, 7) is 11.6. The van der Waals surface area contributed by atoms with E-state index >= 15 is 0 Å². The van der Waals surface area contributed by atoms with E-state index in [2.05, 4.69) is 69.5 Å². The Morgan fingerprint density at radius 1 is 1.00 bits per heavy atom. The third kappa shape index (κ3) is 8.92. The van der Waals surface area contributed by atoms with Gasteiger partial charge in [-0.2, -0.15) is 0 Å². The maximum absolute atomic E-state index is 11.2. The highest BCUT2D eigenvalue weighted by molar-refractivity contribution is 6.79. The normalized spacial score (nSPS) is 14.2. The van der Waals surface area contributed by atoms with Gasteiger partial charge in [0.05, 0.1) is 6.10 Å². The van der Waals surface area contributed by atoms with Crippen molar-refractivity contribution in [3.05, 3.63) is 53.7 Å². The van der Waals surface area contributed by atoms with Crippen LogP contribution in [0.1, 0.15) is 32.3 Å². The predicted molar refractivity (Wildman–Crippen MR) is 120 cm³/mol. The fourth-order valence-corrected chi connectivity index (χ4v) is 6.72. The largest absolute Gasteiger partial charge is 0.409 e. The molecule has 1 unspecified atom stereocenters. The summed E-state index contributed by atoms with van der Waals surface area (Å²) in [4.78, 5) is 11.2. The molecule has 4 heteroatoms. The predicted octanol–water partition coefficient (Wildman–Crippen LogP) is 6.48. The molecule has 0 N–H and O–H groups in total. The lowest BCUT2D eigenvalue weighted by Crippen LogP contribution is -2.39. The van der Waals surface area contributed by atoms with Gasteiger partial charge in [0.2, 0.25) is 8.32 Å². The van der Waals surface area contributed by atoms with Crippen LogP contribution in [0.15, 0.2) is 48.2 Å². The number of allylic oxidation sites excluding steroid dienone is 1. The van der Waals surface area contributed by atoms with Gasteiger partial charge in [0.25, 0.3) is 0 Å². The van der Waals surface area contributed by atoms with Gasteiger partial charge in [0.1, 0.15) is 6.29 Å². The number of hydrogen-bond acceptors (Lipinski definition) is 2. The molecule has 0 saturated heterocycles. The second kappa shape index (κ2) is 11.5. The quantitative estimate of drug-likeness (QED) is 0.302. The first-order chi connectivity index (χ1) is 12.3. The van der Waals surface area contributed by atoms with E-state index < -0.39 is 16.4 Å². The third-order valence-corrected chi connectivity index (χ3v) is 10.1. The number of benzene rings is 1. The van der Waals surface area contributed by atoms with Crippen molar-refractivity contribution in [1.29, 1.82) is 0 Å². The van der Waals surface area contributed by atoms with Gasteiger partial charge < -0.3 is 9.22 Å². The highest BCUT2D eigenvalue weighted by Gasteiger charge is 2.31. The van der Waals surface area contributed by atoms with E-state index in [1.165, 1.54) is 11.6 Å². The third-order valence-electron chi connectivity index (χ3n) is 4.62. The van der Waals surface area contributed by atoms with E-state index in [0.717, 1.165) is 24.8 Å². The molecule has 1 aromatic carbocycles. The average Bonchev–Trinajstić information content (AvgIpc) is 2.61. The summed E-state index contributed by atoms with van der Waals surface area (Å²) in [7, 11) is -3.01. The molecule has 2 nitrogen and oxygen atoms in total. The van der Waals surface area contributed by atoms with Crippen LogP contribution in [0.2, 0.25) is 37.8 Å². The van der Waals surface area contributed by atoms with E-state index in [4.69, 9.17) is 4.43 Å². The van der Waals surface area contributed by atoms with Crippen LogP contribution in [0.5, 0.6) is 0 Å². The van der Waals surface area contributed by atoms with E-state index in [0.29, 0.717) is 6.42 Å². The molecule has 144 valence electrons. The summed E-state index contributed by atoms with van der Waals surface area (Å²) >= 11 is 0. The fourth-order valence-electron chi connectivity index (χ4n) is 2.87. The highest BCUT2D eigenvalue weighted by Crippen LogP contribution is 2.24. The summed E-state index contributed by atoms with van der Waals surface area (Å²) < 4.78 is 6.61. The van der Waals surface area contributed by atoms with Crippen LogP contribution in [-0.2, 0) is 9.22 Å². The van der Waals surface area contributed by atoms with Crippen LogP contribution in [0.3, 0.4) is 0 Å². The second-order valence-corrected chi connectivity index (χ2v) is 17.8. The standard InChI is InChI=1S/C22H36O2Si2/c1-6-26(7-2,20-12-19-25(3,4)5)24-22(17-18-23)16-11-15-21-13-9-8-10-14-21/h8-15,18,20,22H,6-7,16-17,19H2,1-5H3/b15-11+,20-12+. The Hall–Kier alpha value is -1.24. The maximum atomic E-state index is 11.2. The first-order valence-electron chi connectivity index (χ1n) is 9.85. The minimum atomic E-state index is -1.92. The van der Waals surface area contributed by atoms with Crippen LogP contribution in [0, 0.1) is 0 Å². The molecule has 0 radical (unpaired) electrons. The highest BCUT2D eigenvalue weighted by atomic mass is 28.4. The van der Waals surface area contributed by atoms with Crippen LogP contribution < -0.4 is 0 Å². The molecule has 0 aliphatic carbocycles. The van der Waals surface area contributed by atoms with Crippen molar-refractivity contribution in [1.82, 2.24) is 0 Å². The van der Waals surface area contributed by atoms with Crippen molar-refractivity contribution in [3.8, 4) is 0 Å². The summed E-state index contributed by atoms with van der Waals surface area (Å²) in [6.07, 6.45) is 8.85. The number of carbonyl (C=O) groups is 1. The van der Waals surface area contributed by atoms with Gasteiger partial charge in [-0.05, 0) is 30.1 Å². The molecule has 0 bridgehead atoms. The number of hydrogen-bond donors (Lipinski definition) is 0. The molecule has 1 rings (SSSR count). The van der Waals surface area contributed by atoms with Crippen LogP contribution in [0.4, 0.5) is 0 Å². The molecule has 1 aromatic rings. The van der Waals surface area contributed by atoms with Gasteiger partial charge in [-0.25, -0.2) is 0 Å². The Bertz CT molecular complexity index is 570. The zero-order valence-electron chi connectivity index (χ0n) is 17.2.